The molecule has 0 saturated carbocycles. The summed E-state index contributed by atoms with van der Waals surface area (Å²) in [6.07, 6.45) is 3.23. The number of ether oxygens (including phenoxy) is 1. The number of benzene rings is 2. The number of rotatable bonds is 7. The standard InChI is InChI=1S/C20H19N3O3/c1-26-18-8-5-15(6-9-18)7-10-19(24)22-12-11-20(25)23-17-4-2-3-16(13-17)14-21/h2-10,13H,11-12H2,1H3,(H,22,24)(H,23,25)/b10-7+. The highest BCUT2D eigenvalue weighted by atomic mass is 16.5. The molecule has 0 aliphatic rings. The second kappa shape index (κ2) is 9.64. The van der Waals surface area contributed by atoms with Gasteiger partial charge in [0, 0.05) is 24.7 Å². The summed E-state index contributed by atoms with van der Waals surface area (Å²) in [4.78, 5) is 23.6. The molecule has 26 heavy (non-hydrogen) atoms. The van der Waals surface area contributed by atoms with E-state index in [-0.39, 0.29) is 24.8 Å². The monoisotopic (exact) mass is 349 g/mol. The largest absolute Gasteiger partial charge is 0.497 e. The van der Waals surface area contributed by atoms with Gasteiger partial charge in [0.2, 0.25) is 11.8 Å². The molecule has 0 unspecified atom stereocenters. The molecule has 2 amide bonds. The number of hydrogen-bond donors (Lipinski definition) is 2. The molecule has 2 aromatic rings. The van der Waals surface area contributed by atoms with Crippen molar-refractivity contribution in [1.82, 2.24) is 5.32 Å². The van der Waals surface area contributed by atoms with Gasteiger partial charge < -0.3 is 15.4 Å². The van der Waals surface area contributed by atoms with Crippen LogP contribution in [0.5, 0.6) is 5.75 Å². The van der Waals surface area contributed by atoms with Crippen LogP contribution in [-0.4, -0.2) is 25.5 Å². The molecule has 2 rings (SSSR count). The van der Waals surface area contributed by atoms with Crippen LogP contribution in [-0.2, 0) is 9.59 Å². The molecule has 0 bridgehead atoms. The molecule has 0 heterocycles. The molecule has 0 atom stereocenters. The number of carbonyl (C=O) groups is 2. The molecule has 0 saturated heterocycles. The lowest BCUT2D eigenvalue weighted by atomic mass is 10.2. The normalized spacial score (nSPS) is 10.2. The van der Waals surface area contributed by atoms with Gasteiger partial charge in [0.1, 0.15) is 5.75 Å². The van der Waals surface area contributed by atoms with Crippen molar-refractivity contribution in [2.75, 3.05) is 19.0 Å². The molecule has 0 radical (unpaired) electrons. The van der Waals surface area contributed by atoms with Crippen molar-refractivity contribution >= 4 is 23.6 Å². The van der Waals surface area contributed by atoms with Crippen LogP contribution in [0, 0.1) is 11.3 Å². The highest BCUT2D eigenvalue weighted by Gasteiger charge is 2.04. The third-order valence-electron chi connectivity index (χ3n) is 3.47. The maximum atomic E-state index is 11.9. The van der Waals surface area contributed by atoms with E-state index in [0.717, 1.165) is 11.3 Å². The average Bonchev–Trinajstić information content (AvgIpc) is 2.67. The van der Waals surface area contributed by atoms with Crippen LogP contribution in [0.1, 0.15) is 17.5 Å². The summed E-state index contributed by atoms with van der Waals surface area (Å²) in [5.74, 6) is 0.234. The molecule has 6 heteroatoms. The first-order chi connectivity index (χ1) is 12.6. The topological polar surface area (TPSA) is 91.2 Å². The maximum absolute atomic E-state index is 11.9. The number of nitrogens with zero attached hydrogens (tertiary/aromatic N) is 1. The van der Waals surface area contributed by atoms with Crippen LogP contribution in [0.3, 0.4) is 0 Å². The highest BCUT2D eigenvalue weighted by molar-refractivity contribution is 5.93. The van der Waals surface area contributed by atoms with E-state index in [4.69, 9.17) is 10.00 Å². The molecule has 0 aromatic heterocycles. The van der Waals surface area contributed by atoms with Crippen molar-refractivity contribution in [3.8, 4) is 11.8 Å². The molecule has 6 nitrogen and oxygen atoms in total. The number of nitriles is 1. The zero-order valence-electron chi connectivity index (χ0n) is 14.4. The average molecular weight is 349 g/mol. The molecular formula is C20H19N3O3. The van der Waals surface area contributed by atoms with Gasteiger partial charge in [-0.2, -0.15) is 5.26 Å². The van der Waals surface area contributed by atoms with Gasteiger partial charge in [-0.3, -0.25) is 9.59 Å². The first-order valence-electron chi connectivity index (χ1n) is 8.00. The van der Waals surface area contributed by atoms with Gasteiger partial charge in [-0.25, -0.2) is 0 Å². The number of nitrogens with one attached hydrogen (secondary N) is 2. The minimum absolute atomic E-state index is 0.138. The van der Waals surface area contributed by atoms with Crippen molar-refractivity contribution in [2.45, 2.75) is 6.42 Å². The Balaban J connectivity index is 1.74. The van der Waals surface area contributed by atoms with Crippen LogP contribution >= 0.6 is 0 Å². The smallest absolute Gasteiger partial charge is 0.244 e. The van der Waals surface area contributed by atoms with Crippen molar-refractivity contribution in [3.63, 3.8) is 0 Å². The third kappa shape index (κ3) is 6.13. The number of carbonyl (C=O) groups excluding carboxylic acids is 2. The molecule has 0 spiro atoms. The van der Waals surface area contributed by atoms with Crippen molar-refractivity contribution < 1.29 is 14.3 Å². The summed E-state index contributed by atoms with van der Waals surface area (Å²) in [6, 6.07) is 16.0. The molecule has 0 fully saturated rings. The third-order valence-corrected chi connectivity index (χ3v) is 3.47. The maximum Gasteiger partial charge on any atom is 0.244 e. The Morgan fingerprint density at radius 1 is 1.19 bits per heavy atom. The molecule has 132 valence electrons. The van der Waals surface area contributed by atoms with E-state index in [2.05, 4.69) is 10.6 Å². The van der Waals surface area contributed by atoms with Crippen molar-refractivity contribution in [2.24, 2.45) is 0 Å². The summed E-state index contributed by atoms with van der Waals surface area (Å²) in [6.45, 7) is 0.218. The fraction of sp³-hybridized carbons (Fsp3) is 0.150. The van der Waals surface area contributed by atoms with Crippen molar-refractivity contribution in [1.29, 1.82) is 5.26 Å². The van der Waals surface area contributed by atoms with Crippen LogP contribution < -0.4 is 15.4 Å². The summed E-state index contributed by atoms with van der Waals surface area (Å²) < 4.78 is 5.07. The van der Waals surface area contributed by atoms with E-state index in [1.165, 1.54) is 6.08 Å². The summed E-state index contributed by atoms with van der Waals surface area (Å²) in [5.41, 5.74) is 1.90. The van der Waals surface area contributed by atoms with Crippen LogP contribution in [0.15, 0.2) is 54.6 Å². The van der Waals surface area contributed by atoms with Gasteiger partial charge in [-0.15, -0.1) is 0 Å². The zero-order chi connectivity index (χ0) is 18.8. The molecule has 0 aliphatic heterocycles. The minimum Gasteiger partial charge on any atom is -0.497 e. The Bertz CT molecular complexity index is 836. The fourth-order valence-corrected chi connectivity index (χ4v) is 2.14. The molecule has 2 N–H and O–H groups in total. The van der Waals surface area contributed by atoms with Crippen LogP contribution in [0.25, 0.3) is 6.08 Å². The Labute approximate surface area is 152 Å². The van der Waals surface area contributed by atoms with Gasteiger partial charge in [-0.05, 0) is 42.0 Å². The van der Waals surface area contributed by atoms with E-state index in [0.29, 0.717) is 11.3 Å². The van der Waals surface area contributed by atoms with E-state index >= 15 is 0 Å². The van der Waals surface area contributed by atoms with Crippen molar-refractivity contribution in [3.05, 3.63) is 65.7 Å². The SMILES string of the molecule is COc1ccc(/C=C/C(=O)NCCC(=O)Nc2cccc(C#N)c2)cc1. The summed E-state index contributed by atoms with van der Waals surface area (Å²) in [5, 5.41) is 14.2. The molecule has 2 aromatic carbocycles. The fourth-order valence-electron chi connectivity index (χ4n) is 2.14. The Kier molecular flexibility index (Phi) is 6.95. The summed E-state index contributed by atoms with van der Waals surface area (Å²) >= 11 is 0. The zero-order valence-corrected chi connectivity index (χ0v) is 14.4. The number of amides is 2. The first-order valence-corrected chi connectivity index (χ1v) is 8.00. The number of methoxy groups -OCH3 is 1. The van der Waals surface area contributed by atoms with Gasteiger partial charge in [0.25, 0.3) is 0 Å². The Hall–Kier alpha value is -3.59. The second-order valence-electron chi connectivity index (χ2n) is 5.39. The van der Waals surface area contributed by atoms with E-state index in [9.17, 15) is 9.59 Å². The first kappa shape index (κ1) is 18.7. The van der Waals surface area contributed by atoms with E-state index in [1.54, 1.807) is 37.5 Å². The predicted molar refractivity (Wildman–Crippen MR) is 99.4 cm³/mol. The lowest BCUT2D eigenvalue weighted by Gasteiger charge is -2.06. The quantitative estimate of drug-likeness (QED) is 0.752. The predicted octanol–water partition coefficient (Wildman–Crippen LogP) is 2.73. The second-order valence-corrected chi connectivity index (χ2v) is 5.39. The number of hydrogen-bond acceptors (Lipinski definition) is 4. The Morgan fingerprint density at radius 3 is 2.65 bits per heavy atom. The minimum atomic E-state index is -0.278. The molecule has 0 aliphatic carbocycles. The lowest BCUT2D eigenvalue weighted by molar-refractivity contribution is -0.117. The lowest BCUT2D eigenvalue weighted by Crippen LogP contribution is -2.26. The van der Waals surface area contributed by atoms with E-state index in [1.807, 2.05) is 30.3 Å². The summed E-state index contributed by atoms with van der Waals surface area (Å²) in [7, 11) is 1.59. The van der Waals surface area contributed by atoms with Gasteiger partial charge in [-0.1, -0.05) is 18.2 Å². The number of anilines is 1. The Morgan fingerprint density at radius 2 is 1.96 bits per heavy atom. The molecular weight excluding hydrogens is 330 g/mol. The van der Waals surface area contributed by atoms with Gasteiger partial charge >= 0.3 is 0 Å². The van der Waals surface area contributed by atoms with Gasteiger partial charge in [0.15, 0.2) is 0 Å². The van der Waals surface area contributed by atoms with E-state index < -0.39 is 0 Å². The van der Waals surface area contributed by atoms with Crippen LogP contribution in [0.2, 0.25) is 0 Å². The highest BCUT2D eigenvalue weighted by Crippen LogP contribution is 2.12. The van der Waals surface area contributed by atoms with Gasteiger partial charge in [0.05, 0.1) is 18.7 Å². The van der Waals surface area contributed by atoms with Crippen LogP contribution in [0.4, 0.5) is 5.69 Å².